The molecule has 1 atom stereocenters. The van der Waals surface area contributed by atoms with Gasteiger partial charge in [0.05, 0.1) is 19.3 Å². The molecule has 0 aliphatic carbocycles. The van der Waals surface area contributed by atoms with E-state index in [1.165, 1.54) is 0 Å². The van der Waals surface area contributed by atoms with Gasteiger partial charge in [-0.1, -0.05) is 13.8 Å². The molecule has 5 nitrogen and oxygen atoms in total. The Hall–Kier alpha value is -1.20. The fourth-order valence-electron chi connectivity index (χ4n) is 2.50. The minimum atomic E-state index is 0.0839. The summed E-state index contributed by atoms with van der Waals surface area (Å²) < 4.78 is 5.66. The molecule has 0 radical (unpaired) electrons. The first kappa shape index (κ1) is 15.2. The van der Waals surface area contributed by atoms with E-state index in [1.54, 1.807) is 0 Å². The van der Waals surface area contributed by atoms with Crippen molar-refractivity contribution in [1.29, 1.82) is 0 Å². The summed E-state index contributed by atoms with van der Waals surface area (Å²) in [6.07, 6.45) is 2.34. The number of aromatic nitrogens is 2. The summed E-state index contributed by atoms with van der Waals surface area (Å²) in [6, 6.07) is 2.04. The third kappa shape index (κ3) is 3.90. The number of aliphatic hydroxyl groups is 1. The molecule has 2 rings (SSSR count). The lowest BCUT2D eigenvalue weighted by Gasteiger charge is -2.33. The monoisotopic (exact) mass is 279 g/mol. The highest BCUT2D eigenvalue weighted by Crippen LogP contribution is 2.22. The number of rotatable bonds is 5. The van der Waals surface area contributed by atoms with Crippen LogP contribution < -0.4 is 4.90 Å². The van der Waals surface area contributed by atoms with Crippen molar-refractivity contribution >= 4 is 5.82 Å². The Kier molecular flexibility index (Phi) is 5.31. The first-order chi connectivity index (χ1) is 9.60. The van der Waals surface area contributed by atoms with Crippen molar-refractivity contribution in [3.63, 3.8) is 0 Å². The summed E-state index contributed by atoms with van der Waals surface area (Å²) in [7, 11) is 0. The van der Waals surface area contributed by atoms with Crippen LogP contribution in [0.15, 0.2) is 6.07 Å². The molecule has 1 aromatic heterocycles. The van der Waals surface area contributed by atoms with Crippen molar-refractivity contribution in [3.05, 3.63) is 17.6 Å². The van der Waals surface area contributed by atoms with Crippen molar-refractivity contribution in [2.75, 3.05) is 31.2 Å². The number of aryl methyl sites for hydroxylation is 1. The van der Waals surface area contributed by atoms with E-state index in [1.807, 2.05) is 13.0 Å². The second-order valence-corrected chi connectivity index (χ2v) is 5.69. The maximum absolute atomic E-state index is 8.85. The molecule has 1 N–H and O–H groups in total. The molecule has 1 aromatic rings. The molecule has 0 bridgehead atoms. The predicted molar refractivity (Wildman–Crippen MR) is 79.1 cm³/mol. The summed E-state index contributed by atoms with van der Waals surface area (Å²) in [6.45, 7) is 8.59. The third-order valence-corrected chi connectivity index (χ3v) is 3.52. The molecule has 1 aliphatic heterocycles. The van der Waals surface area contributed by atoms with E-state index in [4.69, 9.17) is 9.84 Å². The first-order valence-electron chi connectivity index (χ1n) is 7.43. The Morgan fingerprint density at radius 2 is 2.25 bits per heavy atom. The highest BCUT2D eigenvalue weighted by atomic mass is 16.5. The summed E-state index contributed by atoms with van der Waals surface area (Å²) >= 11 is 0. The van der Waals surface area contributed by atoms with Crippen LogP contribution in [0.5, 0.6) is 0 Å². The zero-order valence-electron chi connectivity index (χ0n) is 12.7. The van der Waals surface area contributed by atoms with Crippen molar-refractivity contribution < 1.29 is 9.84 Å². The molecule has 1 fully saturated rings. The zero-order chi connectivity index (χ0) is 14.5. The molecule has 20 heavy (non-hydrogen) atoms. The minimum Gasteiger partial charge on any atom is -0.394 e. The second-order valence-electron chi connectivity index (χ2n) is 5.69. The van der Waals surface area contributed by atoms with Gasteiger partial charge in [-0.25, -0.2) is 9.97 Å². The Bertz CT molecular complexity index is 437. The van der Waals surface area contributed by atoms with Crippen LogP contribution in [0, 0.1) is 6.92 Å². The molecule has 5 heteroatoms. The topological polar surface area (TPSA) is 58.5 Å². The van der Waals surface area contributed by atoms with Gasteiger partial charge < -0.3 is 14.7 Å². The molecule has 2 heterocycles. The number of nitrogens with zero attached hydrogens (tertiary/aromatic N) is 3. The summed E-state index contributed by atoms with van der Waals surface area (Å²) in [5, 5.41) is 8.85. The molecule has 1 saturated heterocycles. The number of ether oxygens (including phenoxy) is 1. The van der Waals surface area contributed by atoms with Crippen molar-refractivity contribution in [3.8, 4) is 0 Å². The first-order valence-corrected chi connectivity index (χ1v) is 7.43. The standard InChI is InChI=1S/C15H25N3O2/c1-11(2)15-16-12(3)9-14(17-15)18-6-4-5-13(10-18)20-8-7-19/h9,11,13,19H,4-8,10H2,1-3H3. The lowest BCUT2D eigenvalue weighted by molar-refractivity contribution is 0.0213. The van der Waals surface area contributed by atoms with Gasteiger partial charge in [-0.05, 0) is 19.8 Å². The molecule has 0 aromatic carbocycles. The van der Waals surface area contributed by atoms with Crippen LogP contribution in [0.1, 0.15) is 44.1 Å². The number of hydrogen-bond acceptors (Lipinski definition) is 5. The average molecular weight is 279 g/mol. The Labute approximate surface area is 121 Å². The predicted octanol–water partition coefficient (Wildman–Crippen LogP) is 1.89. The average Bonchev–Trinajstić information content (AvgIpc) is 2.44. The van der Waals surface area contributed by atoms with Crippen LogP contribution in [-0.2, 0) is 4.74 Å². The lowest BCUT2D eigenvalue weighted by atomic mass is 10.1. The highest BCUT2D eigenvalue weighted by Gasteiger charge is 2.22. The van der Waals surface area contributed by atoms with E-state index in [9.17, 15) is 0 Å². The summed E-state index contributed by atoms with van der Waals surface area (Å²) in [5.74, 6) is 2.23. The van der Waals surface area contributed by atoms with Crippen molar-refractivity contribution in [1.82, 2.24) is 9.97 Å². The molecule has 0 spiro atoms. The molecular formula is C15H25N3O2. The van der Waals surface area contributed by atoms with Crippen LogP contribution in [0.3, 0.4) is 0 Å². The summed E-state index contributed by atoms with van der Waals surface area (Å²) in [4.78, 5) is 11.4. The van der Waals surface area contributed by atoms with Gasteiger partial charge in [0.25, 0.3) is 0 Å². The van der Waals surface area contributed by atoms with E-state index in [-0.39, 0.29) is 12.7 Å². The van der Waals surface area contributed by atoms with Gasteiger partial charge in [-0.2, -0.15) is 0 Å². The maximum Gasteiger partial charge on any atom is 0.133 e. The highest BCUT2D eigenvalue weighted by molar-refractivity contribution is 5.40. The molecule has 1 aliphatic rings. The van der Waals surface area contributed by atoms with E-state index in [0.29, 0.717) is 12.5 Å². The largest absolute Gasteiger partial charge is 0.394 e. The van der Waals surface area contributed by atoms with Crippen LogP contribution in [0.25, 0.3) is 0 Å². The maximum atomic E-state index is 8.85. The van der Waals surface area contributed by atoms with Crippen LogP contribution in [0.2, 0.25) is 0 Å². The van der Waals surface area contributed by atoms with Crippen LogP contribution >= 0.6 is 0 Å². The van der Waals surface area contributed by atoms with Gasteiger partial charge in [-0.3, -0.25) is 0 Å². The smallest absolute Gasteiger partial charge is 0.133 e. The Balaban J connectivity index is 2.10. The Morgan fingerprint density at radius 3 is 2.95 bits per heavy atom. The fraction of sp³-hybridized carbons (Fsp3) is 0.733. The van der Waals surface area contributed by atoms with Crippen molar-refractivity contribution in [2.24, 2.45) is 0 Å². The van der Waals surface area contributed by atoms with Gasteiger partial charge in [0.15, 0.2) is 0 Å². The number of hydrogen-bond donors (Lipinski definition) is 1. The van der Waals surface area contributed by atoms with Gasteiger partial charge in [0.2, 0.25) is 0 Å². The van der Waals surface area contributed by atoms with Gasteiger partial charge in [0, 0.05) is 30.8 Å². The SMILES string of the molecule is Cc1cc(N2CCCC(OCCO)C2)nc(C(C)C)n1. The molecule has 112 valence electrons. The minimum absolute atomic E-state index is 0.0839. The van der Waals surface area contributed by atoms with Crippen LogP contribution in [-0.4, -0.2) is 47.5 Å². The van der Waals surface area contributed by atoms with Gasteiger partial charge >= 0.3 is 0 Å². The lowest BCUT2D eigenvalue weighted by Crippen LogP contribution is -2.40. The zero-order valence-corrected chi connectivity index (χ0v) is 12.7. The Morgan fingerprint density at radius 1 is 1.45 bits per heavy atom. The third-order valence-electron chi connectivity index (χ3n) is 3.52. The number of anilines is 1. The number of aliphatic hydroxyl groups excluding tert-OH is 1. The fourth-order valence-corrected chi connectivity index (χ4v) is 2.50. The van der Waals surface area contributed by atoms with Gasteiger partial charge in [0.1, 0.15) is 11.6 Å². The summed E-state index contributed by atoms with van der Waals surface area (Å²) in [5.41, 5.74) is 1.01. The van der Waals surface area contributed by atoms with E-state index < -0.39 is 0 Å². The number of piperidine rings is 1. The molecule has 1 unspecified atom stereocenters. The molecule has 0 saturated carbocycles. The molecule has 0 amide bonds. The van der Waals surface area contributed by atoms with E-state index in [2.05, 4.69) is 28.7 Å². The van der Waals surface area contributed by atoms with Crippen molar-refractivity contribution in [2.45, 2.75) is 45.6 Å². The van der Waals surface area contributed by atoms with Gasteiger partial charge in [-0.15, -0.1) is 0 Å². The van der Waals surface area contributed by atoms with Crippen LogP contribution in [0.4, 0.5) is 5.82 Å². The molecular weight excluding hydrogens is 254 g/mol. The van der Waals surface area contributed by atoms with E-state index >= 15 is 0 Å². The normalized spacial score (nSPS) is 19.6. The van der Waals surface area contributed by atoms with E-state index in [0.717, 1.165) is 43.3 Å². The second kappa shape index (κ2) is 6.99. The quantitative estimate of drug-likeness (QED) is 0.892.